The Balaban J connectivity index is 2.02. The minimum atomic E-state index is -0.168. The molecule has 3 rings (SSSR count). The molecule has 260 valence electrons. The number of anilines is 1. The van der Waals surface area contributed by atoms with E-state index < -0.39 is 0 Å². The molecule has 1 saturated carbocycles. The van der Waals surface area contributed by atoms with Crippen LogP contribution in [-0.4, -0.2) is 41.5 Å². The number of amidine groups is 1. The average molecular weight is 673 g/mol. The number of carbonyl (C=O) groups excluding carboxylic acids is 1. The first-order valence-electron chi connectivity index (χ1n) is 16.7. The first kappa shape index (κ1) is 38.5. The van der Waals surface area contributed by atoms with E-state index in [0.29, 0.717) is 39.7 Å². The highest BCUT2D eigenvalue weighted by Crippen LogP contribution is 2.35. The zero-order valence-corrected chi connectivity index (χ0v) is 29.9. The van der Waals surface area contributed by atoms with Crippen molar-refractivity contribution < 1.29 is 9.53 Å². The van der Waals surface area contributed by atoms with Gasteiger partial charge in [-0.15, -0.1) is 0 Å². The predicted molar refractivity (Wildman–Crippen MR) is 204 cm³/mol. The fourth-order valence-corrected chi connectivity index (χ4v) is 4.72. The molecule has 5 N–H and O–H groups in total. The summed E-state index contributed by atoms with van der Waals surface area (Å²) in [5, 5.41) is 25.0. The Bertz CT molecular complexity index is 1830. The Kier molecular flexibility index (Phi) is 15.2. The van der Waals surface area contributed by atoms with E-state index in [9.17, 15) is 10.1 Å². The number of para-hydroxylation sites is 1. The van der Waals surface area contributed by atoms with Crippen molar-refractivity contribution in [1.82, 2.24) is 15.2 Å². The lowest BCUT2D eigenvalue weighted by Gasteiger charge is -2.19. The first-order chi connectivity index (χ1) is 24.1. The molecule has 1 heterocycles. The molecule has 1 aliphatic rings. The molecule has 50 heavy (non-hydrogen) atoms. The zero-order chi connectivity index (χ0) is 36.5. The number of pyridine rings is 1. The van der Waals surface area contributed by atoms with Crippen molar-refractivity contribution in [3.05, 3.63) is 131 Å². The van der Waals surface area contributed by atoms with Gasteiger partial charge in [0.1, 0.15) is 17.3 Å². The normalized spacial score (nSPS) is 14.1. The Hall–Kier alpha value is -5.95. The topological polar surface area (TPSA) is 153 Å². The van der Waals surface area contributed by atoms with Gasteiger partial charge in [0.15, 0.2) is 0 Å². The maximum atomic E-state index is 13.3. The molecule has 2 aromatic rings. The van der Waals surface area contributed by atoms with Crippen LogP contribution in [0.3, 0.4) is 0 Å². The van der Waals surface area contributed by atoms with Crippen LogP contribution < -0.4 is 21.1 Å². The summed E-state index contributed by atoms with van der Waals surface area (Å²) >= 11 is 0. The highest BCUT2D eigenvalue weighted by atomic mass is 16.5. The maximum absolute atomic E-state index is 13.3. The van der Waals surface area contributed by atoms with Crippen LogP contribution >= 0.6 is 0 Å². The summed E-state index contributed by atoms with van der Waals surface area (Å²) < 4.78 is 5.99. The quantitative estimate of drug-likeness (QED) is 0.0582. The molecule has 1 aliphatic carbocycles. The molecule has 0 saturated heterocycles. The van der Waals surface area contributed by atoms with Gasteiger partial charge in [-0.1, -0.05) is 68.0 Å². The minimum absolute atomic E-state index is 0.168. The smallest absolute Gasteiger partial charge is 0.249 e. The summed E-state index contributed by atoms with van der Waals surface area (Å²) in [5.74, 6) is 0.650. The van der Waals surface area contributed by atoms with E-state index in [1.165, 1.54) is 5.57 Å². The molecule has 0 aliphatic heterocycles. The molecule has 10 heteroatoms. The van der Waals surface area contributed by atoms with Gasteiger partial charge in [0.05, 0.1) is 48.1 Å². The van der Waals surface area contributed by atoms with Gasteiger partial charge in [-0.25, -0.2) is 4.99 Å². The van der Waals surface area contributed by atoms with Gasteiger partial charge in [0.2, 0.25) is 5.91 Å². The molecule has 10 nitrogen and oxygen atoms in total. The molecule has 0 atom stereocenters. The number of nitriles is 1. The number of benzene rings is 1. The van der Waals surface area contributed by atoms with E-state index in [2.05, 4.69) is 33.6 Å². The lowest BCUT2D eigenvalue weighted by Crippen LogP contribution is -2.27. The van der Waals surface area contributed by atoms with E-state index >= 15 is 0 Å². The predicted octanol–water partition coefficient (Wildman–Crippen LogP) is 7.68. The molecular weight excluding hydrogens is 624 g/mol. The number of hydrogen-bond acceptors (Lipinski definition) is 8. The molecular formula is C40H48N8O2. The van der Waals surface area contributed by atoms with Gasteiger partial charge in [0.25, 0.3) is 0 Å². The Labute approximate surface area is 296 Å². The van der Waals surface area contributed by atoms with E-state index in [4.69, 9.17) is 15.9 Å². The Morgan fingerprint density at radius 2 is 1.98 bits per heavy atom. The van der Waals surface area contributed by atoms with Crippen molar-refractivity contribution >= 4 is 28.7 Å². The second-order valence-electron chi connectivity index (χ2n) is 11.5. The van der Waals surface area contributed by atoms with Crippen LogP contribution in [0.1, 0.15) is 70.2 Å². The average Bonchev–Trinajstić information content (AvgIpc) is 3.96. The fraction of sp³-hybridized carbons (Fsp3) is 0.275. The third kappa shape index (κ3) is 11.6. The second kappa shape index (κ2) is 19.8. The molecule has 0 spiro atoms. The van der Waals surface area contributed by atoms with Crippen LogP contribution in [-0.2, 0) is 11.3 Å². The molecule has 0 unspecified atom stereocenters. The van der Waals surface area contributed by atoms with Gasteiger partial charge in [0, 0.05) is 36.7 Å². The van der Waals surface area contributed by atoms with Crippen LogP contribution in [0, 0.1) is 16.7 Å². The molecule has 1 amide bonds. The first-order valence-corrected chi connectivity index (χ1v) is 16.7. The molecule has 0 radical (unpaired) electrons. The summed E-state index contributed by atoms with van der Waals surface area (Å²) in [6.07, 6.45) is 21.9. The molecule has 1 aromatic heterocycles. The van der Waals surface area contributed by atoms with Crippen molar-refractivity contribution in [2.75, 3.05) is 19.5 Å². The molecule has 1 fully saturated rings. The number of carbonyl (C=O) groups is 1. The van der Waals surface area contributed by atoms with Crippen molar-refractivity contribution in [2.45, 2.75) is 59.9 Å². The summed E-state index contributed by atoms with van der Waals surface area (Å²) in [6, 6.07) is 11.1. The van der Waals surface area contributed by atoms with Crippen LogP contribution in [0.4, 0.5) is 5.69 Å². The van der Waals surface area contributed by atoms with Crippen LogP contribution in [0.15, 0.2) is 119 Å². The number of allylic oxidation sites excluding steroid dienone is 8. The SMILES string of the molecule is C/C=C\N/C(=C/CC)C(=N)/C(=C\C(N)=NC=C1CC1)Nc1cccc(C(/C=C/CC)=C/C=C(\C)C(=O)N(C)Cc2cc(C#N)ccn2)c1OC. The van der Waals surface area contributed by atoms with E-state index in [1.54, 1.807) is 68.9 Å². The molecule has 1 aromatic carbocycles. The minimum Gasteiger partial charge on any atom is -0.494 e. The van der Waals surface area contributed by atoms with Crippen molar-refractivity contribution in [3.8, 4) is 11.8 Å². The van der Waals surface area contributed by atoms with Crippen molar-refractivity contribution in [1.29, 1.82) is 10.7 Å². The number of rotatable bonds is 17. The standard InChI is InChI=1S/C40H48N8O2/c1-7-10-13-31(19-16-28(4)40(49)48(5)27-32-23-30(25-41)20-22-44-32)33-14-11-15-35(39(33)50-6)47-36(24-37(42)46-26-29-17-18-29)38(43)34(12-8-2)45-21-9-3/h9-16,19-24,26,43,45,47H,7-8,17-18,27H2,1-6H3,(H2,42,46)/b13-10+,21-9-,28-16+,31-19+,34-12+,36-24+,43-38?. The van der Waals surface area contributed by atoms with Gasteiger partial charge >= 0.3 is 0 Å². The second-order valence-corrected chi connectivity index (χ2v) is 11.5. The van der Waals surface area contributed by atoms with E-state index in [-0.39, 0.29) is 24.0 Å². The lowest BCUT2D eigenvalue weighted by atomic mass is 10.0. The largest absolute Gasteiger partial charge is 0.494 e. The van der Waals surface area contributed by atoms with Crippen LogP contribution in [0.2, 0.25) is 0 Å². The highest BCUT2D eigenvalue weighted by Gasteiger charge is 2.18. The van der Waals surface area contributed by atoms with Gasteiger partial charge in [-0.3, -0.25) is 15.2 Å². The number of nitrogens with two attached hydrogens (primary N) is 1. The fourth-order valence-electron chi connectivity index (χ4n) is 4.72. The number of methoxy groups -OCH3 is 1. The van der Waals surface area contributed by atoms with Crippen LogP contribution in [0.5, 0.6) is 5.75 Å². The maximum Gasteiger partial charge on any atom is 0.249 e. The van der Waals surface area contributed by atoms with Crippen LogP contribution in [0.25, 0.3) is 5.57 Å². The molecule has 0 bridgehead atoms. The number of amides is 1. The summed E-state index contributed by atoms with van der Waals surface area (Å²) in [5.41, 5.74) is 12.7. The number of ether oxygens (including phenoxy) is 1. The van der Waals surface area contributed by atoms with Crippen molar-refractivity contribution in [2.24, 2.45) is 10.7 Å². The van der Waals surface area contributed by atoms with Gasteiger partial charge in [-0.2, -0.15) is 5.26 Å². The van der Waals surface area contributed by atoms with E-state index in [1.807, 2.05) is 62.4 Å². The third-order valence-electron chi connectivity index (χ3n) is 7.45. The zero-order valence-electron chi connectivity index (χ0n) is 29.9. The monoisotopic (exact) mass is 672 g/mol. The number of nitrogens with zero attached hydrogens (tertiary/aromatic N) is 4. The number of likely N-dealkylation sites (N-methyl/N-ethyl adjacent to an activating group) is 1. The highest BCUT2D eigenvalue weighted by molar-refractivity contribution is 6.15. The lowest BCUT2D eigenvalue weighted by molar-refractivity contribution is -0.126. The Morgan fingerprint density at radius 3 is 2.64 bits per heavy atom. The van der Waals surface area contributed by atoms with Gasteiger partial charge < -0.3 is 26.0 Å². The number of aliphatic imine (C=N–C) groups is 1. The van der Waals surface area contributed by atoms with Crippen molar-refractivity contribution in [3.63, 3.8) is 0 Å². The number of hydrogen-bond donors (Lipinski definition) is 4. The third-order valence-corrected chi connectivity index (χ3v) is 7.45. The Morgan fingerprint density at radius 1 is 1.20 bits per heavy atom. The summed E-state index contributed by atoms with van der Waals surface area (Å²) in [4.78, 5) is 23.6. The summed E-state index contributed by atoms with van der Waals surface area (Å²) in [6.45, 7) is 8.00. The van der Waals surface area contributed by atoms with E-state index in [0.717, 1.165) is 36.8 Å². The summed E-state index contributed by atoms with van der Waals surface area (Å²) in [7, 11) is 3.31. The number of aromatic nitrogens is 1. The number of nitrogens with one attached hydrogen (secondary N) is 3. The van der Waals surface area contributed by atoms with Gasteiger partial charge in [-0.05, 0) is 69.5 Å².